The number of unbranched alkanes of at least 4 members (excludes halogenated alkanes) is 2. The van der Waals surface area contributed by atoms with Crippen LogP contribution in [0, 0.1) is 0 Å². The third-order valence-corrected chi connectivity index (χ3v) is 1.94. The first-order chi connectivity index (χ1) is 3.77. The van der Waals surface area contributed by atoms with Gasteiger partial charge in [-0.05, 0) is 6.42 Å². The number of alkyl halides is 2. The van der Waals surface area contributed by atoms with Gasteiger partial charge in [0.1, 0.15) is 0 Å². The summed E-state index contributed by atoms with van der Waals surface area (Å²) in [5.74, 6) is 0. The quantitative estimate of drug-likeness (QED) is 0.521. The number of halogens is 2. The highest BCUT2D eigenvalue weighted by Gasteiger charge is 1.94. The molecule has 0 aromatic carbocycles. The van der Waals surface area contributed by atoms with E-state index in [-0.39, 0.29) is 7.43 Å². The monoisotopic (exact) mass is 258 g/mol. The Bertz CT molecular complexity index is 44.2. The van der Waals surface area contributed by atoms with Crippen molar-refractivity contribution >= 4 is 31.9 Å². The molecule has 0 bridgehead atoms. The zero-order chi connectivity index (χ0) is 6.41. The van der Waals surface area contributed by atoms with E-state index in [0.717, 1.165) is 0 Å². The Labute approximate surface area is 75.7 Å². The number of hydrogen-bond acceptors (Lipinski definition) is 0. The predicted molar refractivity (Wildman–Crippen MR) is 52.5 cm³/mol. The summed E-state index contributed by atoms with van der Waals surface area (Å²) in [5.41, 5.74) is 0. The van der Waals surface area contributed by atoms with E-state index in [4.69, 9.17) is 0 Å². The molecule has 0 amide bonds. The van der Waals surface area contributed by atoms with Gasteiger partial charge < -0.3 is 0 Å². The van der Waals surface area contributed by atoms with Crippen LogP contribution in [0.3, 0.4) is 0 Å². The fourth-order valence-corrected chi connectivity index (χ4v) is 1.20. The minimum atomic E-state index is 0. The molecule has 0 heterocycles. The van der Waals surface area contributed by atoms with Crippen LogP contribution in [-0.2, 0) is 0 Å². The Morgan fingerprint density at radius 3 is 2.11 bits per heavy atom. The Balaban J connectivity index is 0. The summed E-state index contributed by atoms with van der Waals surface area (Å²) in [4.78, 5) is 0. The fourth-order valence-electron chi connectivity index (χ4n) is 0.549. The van der Waals surface area contributed by atoms with Gasteiger partial charge in [0.2, 0.25) is 0 Å². The first-order valence-corrected chi connectivity index (χ1v) is 4.88. The SMILES string of the molecule is C.CCCCCC(Br)Br. The van der Waals surface area contributed by atoms with Gasteiger partial charge in [-0.1, -0.05) is 65.5 Å². The van der Waals surface area contributed by atoms with Gasteiger partial charge in [0.15, 0.2) is 0 Å². The van der Waals surface area contributed by atoms with Crippen molar-refractivity contribution in [3.63, 3.8) is 0 Å². The van der Waals surface area contributed by atoms with E-state index in [1.807, 2.05) is 0 Å². The molecule has 0 aliphatic heterocycles. The summed E-state index contributed by atoms with van der Waals surface area (Å²) in [5, 5.41) is 0. The lowest BCUT2D eigenvalue weighted by Gasteiger charge is -1.97. The van der Waals surface area contributed by atoms with Gasteiger partial charge in [-0.25, -0.2) is 0 Å². The summed E-state index contributed by atoms with van der Waals surface area (Å²) in [6, 6.07) is 0. The van der Waals surface area contributed by atoms with Crippen molar-refractivity contribution in [1.29, 1.82) is 0 Å². The Kier molecular flexibility index (Phi) is 12.6. The van der Waals surface area contributed by atoms with Crippen molar-refractivity contribution < 1.29 is 0 Å². The molecule has 0 saturated carbocycles. The second-order valence-corrected chi connectivity index (χ2v) is 5.33. The molecule has 0 aliphatic carbocycles. The van der Waals surface area contributed by atoms with Crippen LogP contribution in [0.1, 0.15) is 40.0 Å². The topological polar surface area (TPSA) is 0 Å². The van der Waals surface area contributed by atoms with E-state index in [0.29, 0.717) is 3.74 Å². The maximum atomic E-state index is 3.42. The van der Waals surface area contributed by atoms with Crippen LogP contribution in [0.15, 0.2) is 0 Å². The minimum absolute atomic E-state index is 0. The molecule has 0 aliphatic rings. The standard InChI is InChI=1S/C6H12Br2.CH4/c1-2-3-4-5-6(7)8;/h6H,2-5H2,1H3;1H4. The van der Waals surface area contributed by atoms with Crippen LogP contribution in [0.25, 0.3) is 0 Å². The lowest BCUT2D eigenvalue weighted by Crippen LogP contribution is -1.83. The summed E-state index contributed by atoms with van der Waals surface area (Å²) in [6.45, 7) is 2.22. The van der Waals surface area contributed by atoms with Crippen LogP contribution in [0.2, 0.25) is 0 Å². The second-order valence-electron chi connectivity index (χ2n) is 1.89. The molecule has 0 aromatic rings. The van der Waals surface area contributed by atoms with Gasteiger partial charge in [-0.15, -0.1) is 0 Å². The van der Waals surface area contributed by atoms with E-state index >= 15 is 0 Å². The maximum Gasteiger partial charge on any atom is 0.0697 e. The van der Waals surface area contributed by atoms with E-state index in [2.05, 4.69) is 38.8 Å². The van der Waals surface area contributed by atoms with E-state index in [1.54, 1.807) is 0 Å². The van der Waals surface area contributed by atoms with Crippen LogP contribution < -0.4 is 0 Å². The van der Waals surface area contributed by atoms with Crippen molar-refractivity contribution in [2.75, 3.05) is 0 Å². The fraction of sp³-hybridized carbons (Fsp3) is 1.00. The van der Waals surface area contributed by atoms with Crippen LogP contribution in [0.5, 0.6) is 0 Å². The lowest BCUT2D eigenvalue weighted by molar-refractivity contribution is 0.701. The molecule has 58 valence electrons. The van der Waals surface area contributed by atoms with Crippen molar-refractivity contribution in [2.24, 2.45) is 0 Å². The largest absolute Gasteiger partial charge is 0.0776 e. The van der Waals surface area contributed by atoms with Gasteiger partial charge in [0, 0.05) is 0 Å². The highest BCUT2D eigenvalue weighted by atomic mass is 79.9. The zero-order valence-corrected chi connectivity index (χ0v) is 8.33. The average molecular weight is 260 g/mol. The van der Waals surface area contributed by atoms with E-state index in [9.17, 15) is 0 Å². The molecular weight excluding hydrogens is 244 g/mol. The Hall–Kier alpha value is 0.960. The molecule has 0 unspecified atom stereocenters. The Morgan fingerprint density at radius 2 is 1.78 bits per heavy atom. The van der Waals surface area contributed by atoms with Crippen LogP contribution in [-0.4, -0.2) is 3.74 Å². The lowest BCUT2D eigenvalue weighted by atomic mass is 10.2. The van der Waals surface area contributed by atoms with Gasteiger partial charge in [0.05, 0.1) is 3.74 Å². The predicted octanol–water partition coefficient (Wildman–Crippen LogP) is 4.32. The first-order valence-electron chi connectivity index (χ1n) is 3.05. The Morgan fingerprint density at radius 1 is 1.22 bits per heavy atom. The van der Waals surface area contributed by atoms with Gasteiger partial charge in [0.25, 0.3) is 0 Å². The van der Waals surface area contributed by atoms with Crippen LogP contribution >= 0.6 is 31.9 Å². The molecule has 0 atom stereocenters. The zero-order valence-electron chi connectivity index (χ0n) is 5.16. The summed E-state index contributed by atoms with van der Waals surface area (Å²) in [7, 11) is 0. The second kappa shape index (κ2) is 8.96. The van der Waals surface area contributed by atoms with Gasteiger partial charge >= 0.3 is 0 Å². The highest BCUT2D eigenvalue weighted by molar-refractivity contribution is 9.24. The molecule has 0 rings (SSSR count). The molecule has 2 heteroatoms. The van der Waals surface area contributed by atoms with Crippen molar-refractivity contribution in [2.45, 2.75) is 43.8 Å². The minimum Gasteiger partial charge on any atom is -0.0776 e. The smallest absolute Gasteiger partial charge is 0.0697 e. The third-order valence-electron chi connectivity index (χ3n) is 1.03. The summed E-state index contributed by atoms with van der Waals surface area (Å²) >= 11 is 6.84. The van der Waals surface area contributed by atoms with Crippen molar-refractivity contribution in [3.05, 3.63) is 0 Å². The molecule has 0 nitrogen and oxygen atoms in total. The average Bonchev–Trinajstić information content (AvgIpc) is 1.66. The maximum absolute atomic E-state index is 3.42. The van der Waals surface area contributed by atoms with Crippen LogP contribution in [0.4, 0.5) is 0 Å². The van der Waals surface area contributed by atoms with E-state index < -0.39 is 0 Å². The first kappa shape index (κ1) is 12.6. The molecule has 0 saturated heterocycles. The molecule has 0 aromatic heterocycles. The molecule has 0 radical (unpaired) electrons. The number of rotatable bonds is 4. The number of hydrogen-bond donors (Lipinski definition) is 0. The molecular formula is C7H16Br2. The third kappa shape index (κ3) is 12.2. The van der Waals surface area contributed by atoms with Crippen molar-refractivity contribution in [1.82, 2.24) is 0 Å². The van der Waals surface area contributed by atoms with Crippen molar-refractivity contribution in [3.8, 4) is 0 Å². The molecule has 0 N–H and O–H groups in total. The molecule has 0 spiro atoms. The molecule has 9 heavy (non-hydrogen) atoms. The normalized spacial score (nSPS) is 9.33. The molecule has 0 fully saturated rings. The van der Waals surface area contributed by atoms with Gasteiger partial charge in [-0.2, -0.15) is 0 Å². The van der Waals surface area contributed by atoms with E-state index in [1.165, 1.54) is 25.7 Å². The summed E-state index contributed by atoms with van der Waals surface area (Å²) < 4.78 is 0.529. The highest BCUT2D eigenvalue weighted by Crippen LogP contribution is 2.15. The van der Waals surface area contributed by atoms with Gasteiger partial charge in [-0.3, -0.25) is 0 Å². The summed E-state index contributed by atoms with van der Waals surface area (Å²) in [6.07, 6.45) is 5.24.